The average molecular weight is 298 g/mol. The summed E-state index contributed by atoms with van der Waals surface area (Å²) >= 11 is 0. The first kappa shape index (κ1) is 15.3. The Hall–Kier alpha value is -1.11. The van der Waals surface area contributed by atoms with Crippen LogP contribution in [0.25, 0.3) is 0 Å². The number of nitrogens with two attached hydrogens (primary N) is 1. The number of hydrogen-bond acceptors (Lipinski definition) is 4. The summed E-state index contributed by atoms with van der Waals surface area (Å²) in [6.45, 7) is 2.90. The Labute approximate surface area is 120 Å². The van der Waals surface area contributed by atoms with Crippen molar-refractivity contribution in [2.45, 2.75) is 43.6 Å². The van der Waals surface area contributed by atoms with Crippen LogP contribution in [0.5, 0.6) is 0 Å². The zero-order valence-corrected chi connectivity index (χ0v) is 12.6. The lowest BCUT2D eigenvalue weighted by Gasteiger charge is -2.22. The van der Waals surface area contributed by atoms with E-state index in [0.717, 1.165) is 25.9 Å². The number of benzene rings is 1. The van der Waals surface area contributed by atoms with Crippen LogP contribution in [-0.2, 0) is 14.8 Å². The van der Waals surface area contributed by atoms with Gasteiger partial charge in [0.05, 0.1) is 11.8 Å². The molecule has 6 heteroatoms. The van der Waals surface area contributed by atoms with Gasteiger partial charge < -0.3 is 10.5 Å². The number of hydrogen-bond donors (Lipinski definition) is 2. The third kappa shape index (κ3) is 3.71. The summed E-state index contributed by atoms with van der Waals surface area (Å²) in [5.74, 6) is 0. The SMILES string of the molecule is Cc1cccc(N)c1S(=O)(=O)NCCC1CCCCO1. The van der Waals surface area contributed by atoms with Gasteiger partial charge in [0.1, 0.15) is 4.90 Å². The van der Waals surface area contributed by atoms with Gasteiger partial charge in [0.15, 0.2) is 0 Å². The molecule has 0 aliphatic carbocycles. The van der Waals surface area contributed by atoms with Gasteiger partial charge >= 0.3 is 0 Å². The number of sulfonamides is 1. The van der Waals surface area contributed by atoms with Gasteiger partial charge in [-0.3, -0.25) is 0 Å². The van der Waals surface area contributed by atoms with Crippen LogP contribution in [0.1, 0.15) is 31.2 Å². The molecule has 1 aliphatic rings. The number of nitrogen functional groups attached to an aromatic ring is 1. The molecule has 1 fully saturated rings. The van der Waals surface area contributed by atoms with Crippen molar-refractivity contribution in [1.29, 1.82) is 0 Å². The lowest BCUT2D eigenvalue weighted by Crippen LogP contribution is -2.30. The Bertz CT molecular complexity index is 531. The van der Waals surface area contributed by atoms with Crippen molar-refractivity contribution in [2.75, 3.05) is 18.9 Å². The molecule has 0 aromatic heterocycles. The van der Waals surface area contributed by atoms with E-state index in [9.17, 15) is 8.42 Å². The van der Waals surface area contributed by atoms with Crippen LogP contribution >= 0.6 is 0 Å². The molecule has 0 bridgehead atoms. The Balaban J connectivity index is 1.97. The third-order valence-electron chi connectivity index (χ3n) is 3.54. The van der Waals surface area contributed by atoms with Crippen LogP contribution in [0, 0.1) is 6.92 Å². The topological polar surface area (TPSA) is 81.4 Å². The Morgan fingerprint density at radius 2 is 2.20 bits per heavy atom. The van der Waals surface area contributed by atoms with Crippen molar-refractivity contribution < 1.29 is 13.2 Å². The van der Waals surface area contributed by atoms with E-state index in [1.165, 1.54) is 0 Å². The minimum absolute atomic E-state index is 0.167. The van der Waals surface area contributed by atoms with Crippen LogP contribution in [0.3, 0.4) is 0 Å². The van der Waals surface area contributed by atoms with Crippen molar-refractivity contribution in [3.8, 4) is 0 Å². The van der Waals surface area contributed by atoms with Crippen LogP contribution in [0.15, 0.2) is 23.1 Å². The first-order valence-electron chi connectivity index (χ1n) is 6.97. The van der Waals surface area contributed by atoms with E-state index >= 15 is 0 Å². The molecule has 0 amide bonds. The largest absolute Gasteiger partial charge is 0.398 e. The summed E-state index contributed by atoms with van der Waals surface area (Å²) in [6.07, 6.45) is 4.13. The first-order valence-corrected chi connectivity index (χ1v) is 8.45. The van der Waals surface area contributed by atoms with E-state index in [-0.39, 0.29) is 16.7 Å². The molecule has 1 aromatic carbocycles. The summed E-state index contributed by atoms with van der Waals surface area (Å²) in [7, 11) is -3.55. The van der Waals surface area contributed by atoms with Gasteiger partial charge in [0.25, 0.3) is 0 Å². The van der Waals surface area contributed by atoms with Crippen LogP contribution in [-0.4, -0.2) is 27.7 Å². The molecule has 5 nitrogen and oxygen atoms in total. The molecule has 1 saturated heterocycles. The number of rotatable bonds is 5. The summed E-state index contributed by atoms with van der Waals surface area (Å²) in [5, 5.41) is 0. The highest BCUT2D eigenvalue weighted by molar-refractivity contribution is 7.89. The summed E-state index contributed by atoms with van der Waals surface area (Å²) in [4.78, 5) is 0.185. The number of anilines is 1. The molecule has 1 aromatic rings. The van der Waals surface area contributed by atoms with E-state index in [0.29, 0.717) is 18.5 Å². The van der Waals surface area contributed by atoms with Gasteiger partial charge in [-0.15, -0.1) is 0 Å². The Kier molecular flexibility index (Phi) is 5.01. The second-order valence-corrected chi connectivity index (χ2v) is 6.87. The van der Waals surface area contributed by atoms with Crippen molar-refractivity contribution in [2.24, 2.45) is 0 Å². The molecule has 1 aliphatic heterocycles. The molecule has 2 rings (SSSR count). The van der Waals surface area contributed by atoms with Gasteiger partial charge in [-0.05, 0) is 44.2 Å². The second kappa shape index (κ2) is 6.56. The fraction of sp³-hybridized carbons (Fsp3) is 0.571. The lowest BCUT2D eigenvalue weighted by molar-refractivity contribution is 0.0123. The fourth-order valence-corrected chi connectivity index (χ4v) is 3.90. The normalized spacial score (nSPS) is 19.9. The molecule has 1 unspecified atom stereocenters. The maximum Gasteiger partial charge on any atom is 0.242 e. The van der Waals surface area contributed by atoms with Gasteiger partial charge in [-0.1, -0.05) is 12.1 Å². The predicted octanol–water partition coefficient (Wildman–Crippen LogP) is 1.81. The third-order valence-corrected chi connectivity index (χ3v) is 5.22. The molecule has 0 spiro atoms. The highest BCUT2D eigenvalue weighted by Crippen LogP contribution is 2.22. The summed E-state index contributed by atoms with van der Waals surface area (Å²) in [6, 6.07) is 5.10. The molecule has 1 atom stereocenters. The molecule has 0 radical (unpaired) electrons. The molecule has 20 heavy (non-hydrogen) atoms. The quantitative estimate of drug-likeness (QED) is 0.812. The second-order valence-electron chi connectivity index (χ2n) is 5.17. The minimum Gasteiger partial charge on any atom is -0.398 e. The van der Waals surface area contributed by atoms with Crippen molar-refractivity contribution >= 4 is 15.7 Å². The summed E-state index contributed by atoms with van der Waals surface area (Å²) in [5.41, 5.74) is 6.72. The van der Waals surface area contributed by atoms with Crippen LogP contribution < -0.4 is 10.5 Å². The van der Waals surface area contributed by atoms with Gasteiger partial charge in [0.2, 0.25) is 10.0 Å². The number of aryl methyl sites for hydroxylation is 1. The lowest BCUT2D eigenvalue weighted by atomic mass is 10.1. The maximum atomic E-state index is 12.3. The van der Waals surface area contributed by atoms with E-state index in [4.69, 9.17) is 10.5 Å². The maximum absolute atomic E-state index is 12.3. The molecular formula is C14H22N2O3S. The molecular weight excluding hydrogens is 276 g/mol. The zero-order chi connectivity index (χ0) is 14.6. The van der Waals surface area contributed by atoms with Gasteiger partial charge in [-0.2, -0.15) is 0 Å². The predicted molar refractivity (Wildman–Crippen MR) is 79.0 cm³/mol. The Morgan fingerprint density at radius 1 is 1.40 bits per heavy atom. The van der Waals surface area contributed by atoms with Crippen LogP contribution in [0.4, 0.5) is 5.69 Å². The van der Waals surface area contributed by atoms with Gasteiger partial charge in [-0.25, -0.2) is 13.1 Å². The standard InChI is InChI=1S/C14H22N2O3S/c1-11-5-4-7-13(15)14(11)20(17,18)16-9-8-12-6-2-3-10-19-12/h4-5,7,12,16H,2-3,6,8-10,15H2,1H3. The van der Waals surface area contributed by atoms with Crippen molar-refractivity contribution in [1.82, 2.24) is 4.72 Å². The monoisotopic (exact) mass is 298 g/mol. The summed E-state index contributed by atoms with van der Waals surface area (Å²) < 4.78 is 32.8. The van der Waals surface area contributed by atoms with Crippen molar-refractivity contribution in [3.63, 3.8) is 0 Å². The fourth-order valence-electron chi connectivity index (χ4n) is 2.50. The average Bonchev–Trinajstić information content (AvgIpc) is 2.39. The highest BCUT2D eigenvalue weighted by atomic mass is 32.2. The zero-order valence-electron chi connectivity index (χ0n) is 11.8. The minimum atomic E-state index is -3.55. The van der Waals surface area contributed by atoms with Gasteiger partial charge in [0, 0.05) is 13.2 Å². The first-order chi connectivity index (χ1) is 9.50. The number of nitrogens with one attached hydrogen (secondary N) is 1. The molecule has 1 heterocycles. The molecule has 112 valence electrons. The Morgan fingerprint density at radius 3 is 2.85 bits per heavy atom. The number of ether oxygens (including phenoxy) is 1. The van der Waals surface area contributed by atoms with E-state index in [2.05, 4.69) is 4.72 Å². The van der Waals surface area contributed by atoms with E-state index < -0.39 is 10.0 Å². The van der Waals surface area contributed by atoms with Crippen molar-refractivity contribution in [3.05, 3.63) is 23.8 Å². The smallest absolute Gasteiger partial charge is 0.242 e. The van der Waals surface area contributed by atoms with Crippen LogP contribution in [0.2, 0.25) is 0 Å². The molecule has 3 N–H and O–H groups in total. The van der Waals surface area contributed by atoms with E-state index in [1.807, 2.05) is 0 Å². The highest BCUT2D eigenvalue weighted by Gasteiger charge is 2.20. The van der Waals surface area contributed by atoms with E-state index in [1.54, 1.807) is 25.1 Å². The molecule has 0 saturated carbocycles.